The van der Waals surface area contributed by atoms with Crippen LogP contribution in [0.5, 0.6) is 11.5 Å². The zero-order chi connectivity index (χ0) is 31.1. The van der Waals surface area contributed by atoms with Gasteiger partial charge in [0.2, 0.25) is 5.91 Å². The number of aliphatic hydroxyl groups is 1. The quantitative estimate of drug-likeness (QED) is 0.159. The van der Waals surface area contributed by atoms with Crippen molar-refractivity contribution in [1.29, 1.82) is 0 Å². The highest BCUT2D eigenvalue weighted by molar-refractivity contribution is 5.89. The third-order valence-electron chi connectivity index (χ3n) is 6.54. The molecule has 2 atom stereocenters. The average Bonchev–Trinajstić information content (AvgIpc) is 3.05. The highest BCUT2D eigenvalue weighted by atomic mass is 16.5. The number of alkyl carbamates (subject to hydrolysis) is 1. The molecule has 2 amide bonds. The maximum atomic E-state index is 12.8. The van der Waals surface area contributed by atoms with Crippen LogP contribution in [-0.4, -0.2) is 46.9 Å². The number of aliphatic hydroxyl groups excluding tert-OH is 1. The van der Waals surface area contributed by atoms with E-state index in [1.807, 2.05) is 66.7 Å². The molecule has 44 heavy (non-hydrogen) atoms. The fourth-order valence-electron chi connectivity index (χ4n) is 4.19. The van der Waals surface area contributed by atoms with Crippen LogP contribution in [0, 0.1) is 0 Å². The molecule has 0 heterocycles. The minimum Gasteiger partial charge on any atom is -0.485 e. The van der Waals surface area contributed by atoms with Gasteiger partial charge in [0.05, 0.1) is 6.61 Å². The fourth-order valence-corrected chi connectivity index (χ4v) is 4.19. The number of carboxylic acids is 1. The Morgan fingerprint density at radius 1 is 0.614 bits per heavy atom. The Morgan fingerprint density at radius 2 is 1.14 bits per heavy atom. The highest BCUT2D eigenvalue weighted by Crippen LogP contribution is 2.30. The number of rotatable bonds is 15. The molecule has 4 aromatic carbocycles. The number of benzene rings is 4. The predicted octanol–water partition coefficient (Wildman–Crippen LogP) is 4.24. The zero-order valence-electron chi connectivity index (χ0n) is 23.9. The molecule has 0 spiro atoms. The minimum absolute atomic E-state index is 0.0378. The van der Waals surface area contributed by atoms with Gasteiger partial charge < -0.3 is 35.1 Å². The summed E-state index contributed by atoms with van der Waals surface area (Å²) in [6, 6.07) is 30.4. The van der Waals surface area contributed by atoms with Crippen molar-refractivity contribution in [2.45, 2.75) is 38.3 Å². The Morgan fingerprint density at radius 3 is 1.66 bits per heavy atom. The molecular weight excluding hydrogens is 564 g/mol. The first-order chi connectivity index (χ1) is 21.4. The number of amides is 2. The molecule has 0 unspecified atom stereocenters. The summed E-state index contributed by atoms with van der Waals surface area (Å²) in [5.41, 5.74) is 3.20. The largest absolute Gasteiger partial charge is 0.485 e. The van der Waals surface area contributed by atoms with Crippen molar-refractivity contribution in [3.8, 4) is 11.5 Å². The molecule has 0 radical (unpaired) electrons. The molecule has 4 aromatic rings. The lowest BCUT2D eigenvalue weighted by molar-refractivity contribution is -0.142. The minimum atomic E-state index is -1.42. The first-order valence-corrected chi connectivity index (χ1v) is 14.0. The zero-order valence-corrected chi connectivity index (χ0v) is 23.9. The van der Waals surface area contributed by atoms with Gasteiger partial charge in [-0.15, -0.1) is 0 Å². The lowest BCUT2D eigenvalue weighted by Gasteiger charge is -2.20. The first kappa shape index (κ1) is 31.6. The normalized spacial score (nSPS) is 11.9. The van der Waals surface area contributed by atoms with Crippen LogP contribution in [0.2, 0.25) is 0 Å². The van der Waals surface area contributed by atoms with E-state index in [1.54, 1.807) is 42.5 Å². The molecule has 0 aliphatic carbocycles. The van der Waals surface area contributed by atoms with Crippen LogP contribution in [0.3, 0.4) is 0 Å². The lowest BCUT2D eigenvalue weighted by Crippen LogP contribution is -2.53. The van der Waals surface area contributed by atoms with Gasteiger partial charge in [-0.2, -0.15) is 0 Å². The number of hydrogen-bond acceptors (Lipinski definition) is 7. The number of hydrogen-bond donors (Lipinski definition) is 4. The summed E-state index contributed by atoms with van der Waals surface area (Å²) in [6.07, 6.45) is -1.03. The van der Waals surface area contributed by atoms with Crippen molar-refractivity contribution in [1.82, 2.24) is 10.6 Å². The van der Waals surface area contributed by atoms with Crippen molar-refractivity contribution < 1.29 is 38.8 Å². The summed E-state index contributed by atoms with van der Waals surface area (Å²) >= 11 is 0. The molecule has 0 aliphatic rings. The topological polar surface area (TPSA) is 143 Å². The van der Waals surface area contributed by atoms with Gasteiger partial charge in [0.15, 0.2) is 11.5 Å². The van der Waals surface area contributed by atoms with E-state index in [0.717, 1.165) is 16.7 Å². The van der Waals surface area contributed by atoms with Gasteiger partial charge in [-0.1, -0.05) is 97.1 Å². The van der Waals surface area contributed by atoms with E-state index < -0.39 is 36.7 Å². The monoisotopic (exact) mass is 598 g/mol. The Kier molecular flexibility index (Phi) is 11.7. The second kappa shape index (κ2) is 16.3. The number of carbonyl (C=O) groups is 3. The first-order valence-electron chi connectivity index (χ1n) is 14.0. The fraction of sp³-hybridized carbons (Fsp3) is 0.206. The number of carboxylic acid groups (broad SMARTS) is 1. The molecule has 0 saturated carbocycles. The Hall–Kier alpha value is -5.35. The maximum absolute atomic E-state index is 12.8. The summed E-state index contributed by atoms with van der Waals surface area (Å²) in [7, 11) is 0. The Labute approximate surface area is 255 Å². The van der Waals surface area contributed by atoms with Crippen molar-refractivity contribution in [3.05, 3.63) is 131 Å². The van der Waals surface area contributed by atoms with Crippen LogP contribution < -0.4 is 20.1 Å². The molecule has 0 bridgehead atoms. The predicted molar refractivity (Wildman–Crippen MR) is 162 cm³/mol. The molecule has 0 fully saturated rings. The van der Waals surface area contributed by atoms with E-state index in [2.05, 4.69) is 10.6 Å². The molecule has 0 aliphatic heterocycles. The molecule has 228 valence electrons. The maximum Gasteiger partial charge on any atom is 0.408 e. The molecule has 0 saturated heterocycles. The third kappa shape index (κ3) is 9.88. The second-order valence-electron chi connectivity index (χ2n) is 9.87. The molecule has 10 heteroatoms. The summed E-state index contributed by atoms with van der Waals surface area (Å²) < 4.78 is 17.2. The van der Waals surface area contributed by atoms with E-state index in [9.17, 15) is 24.6 Å². The van der Waals surface area contributed by atoms with Crippen molar-refractivity contribution in [2.24, 2.45) is 0 Å². The molecule has 10 nitrogen and oxygen atoms in total. The van der Waals surface area contributed by atoms with Crippen molar-refractivity contribution >= 4 is 18.0 Å². The van der Waals surface area contributed by atoms with E-state index in [1.165, 1.54) is 0 Å². The SMILES string of the molecule is O=C(N[C@@H](CO)C(=O)N[C@@H](Cc1ccc(OCc2ccccc2)c(OCc2ccccc2)c1)C(=O)O)OCc1ccccc1. The van der Waals surface area contributed by atoms with E-state index in [4.69, 9.17) is 14.2 Å². The van der Waals surface area contributed by atoms with Gasteiger partial charge in [-0.05, 0) is 34.4 Å². The van der Waals surface area contributed by atoms with Gasteiger partial charge in [0.25, 0.3) is 0 Å². The summed E-state index contributed by atoms with van der Waals surface area (Å²) in [5.74, 6) is -1.28. The van der Waals surface area contributed by atoms with Crippen molar-refractivity contribution in [2.75, 3.05) is 6.61 Å². The highest BCUT2D eigenvalue weighted by Gasteiger charge is 2.27. The van der Waals surface area contributed by atoms with Gasteiger partial charge in [0, 0.05) is 6.42 Å². The van der Waals surface area contributed by atoms with E-state index in [0.29, 0.717) is 23.7 Å². The van der Waals surface area contributed by atoms with Crippen LogP contribution in [0.25, 0.3) is 0 Å². The van der Waals surface area contributed by atoms with Gasteiger partial charge in [0.1, 0.15) is 31.9 Å². The van der Waals surface area contributed by atoms with Crippen LogP contribution in [-0.2, 0) is 40.6 Å². The average molecular weight is 599 g/mol. The molecule has 4 rings (SSSR count). The molecular formula is C34H34N2O8. The Balaban J connectivity index is 1.41. The van der Waals surface area contributed by atoms with Crippen LogP contribution in [0.1, 0.15) is 22.3 Å². The number of aliphatic carboxylic acids is 1. The van der Waals surface area contributed by atoms with Crippen LogP contribution >= 0.6 is 0 Å². The van der Waals surface area contributed by atoms with Crippen LogP contribution in [0.4, 0.5) is 4.79 Å². The van der Waals surface area contributed by atoms with E-state index >= 15 is 0 Å². The Bertz CT molecular complexity index is 1500. The van der Waals surface area contributed by atoms with Crippen molar-refractivity contribution in [3.63, 3.8) is 0 Å². The molecule has 4 N–H and O–H groups in total. The summed E-state index contributed by atoms with van der Waals surface area (Å²) in [5, 5.41) is 24.2. The second-order valence-corrected chi connectivity index (χ2v) is 9.87. The van der Waals surface area contributed by atoms with Gasteiger partial charge >= 0.3 is 12.1 Å². The van der Waals surface area contributed by atoms with E-state index in [-0.39, 0.29) is 19.6 Å². The lowest BCUT2D eigenvalue weighted by atomic mass is 10.0. The number of nitrogens with one attached hydrogen (secondary N) is 2. The molecule has 0 aromatic heterocycles. The smallest absolute Gasteiger partial charge is 0.408 e. The summed E-state index contributed by atoms with van der Waals surface area (Å²) in [6.45, 7) is -0.234. The third-order valence-corrected chi connectivity index (χ3v) is 6.54. The number of ether oxygens (including phenoxy) is 3. The van der Waals surface area contributed by atoms with Gasteiger partial charge in [-0.25, -0.2) is 9.59 Å². The summed E-state index contributed by atoms with van der Waals surface area (Å²) in [4.78, 5) is 37.2. The van der Waals surface area contributed by atoms with Crippen LogP contribution in [0.15, 0.2) is 109 Å². The standard InChI is InChI=1S/C34H34N2O8/c37-20-29(36-34(41)44-23-26-14-8-3-9-15-26)32(38)35-28(33(39)40)18-27-16-17-30(42-21-24-10-4-1-5-11-24)31(19-27)43-22-25-12-6-2-7-13-25/h1-17,19,28-29,37H,18,20-23H2,(H,35,38)(H,36,41)(H,39,40)/t28-,29-/m0/s1. The number of carbonyl (C=O) groups excluding carboxylic acids is 2. The van der Waals surface area contributed by atoms with Gasteiger partial charge in [-0.3, -0.25) is 4.79 Å².